The van der Waals surface area contributed by atoms with E-state index in [0.29, 0.717) is 12.0 Å². The number of ether oxygens (including phenoxy) is 1. The second-order valence-corrected chi connectivity index (χ2v) is 9.03. The molecule has 1 amide bonds. The molecule has 1 N–H and O–H groups in total. The predicted octanol–water partition coefficient (Wildman–Crippen LogP) is 2.60. The van der Waals surface area contributed by atoms with Crippen LogP contribution in [-0.2, 0) is 9.53 Å². The van der Waals surface area contributed by atoms with Crippen LogP contribution in [0.25, 0.3) is 0 Å². The van der Waals surface area contributed by atoms with Crippen molar-refractivity contribution < 1.29 is 9.53 Å². The summed E-state index contributed by atoms with van der Waals surface area (Å²) < 4.78 is 5.73. The van der Waals surface area contributed by atoms with Crippen molar-refractivity contribution in [2.75, 3.05) is 33.3 Å². The van der Waals surface area contributed by atoms with Crippen LogP contribution >= 0.6 is 0 Å². The molecule has 1 heterocycles. The Labute approximate surface area is 146 Å². The number of carbonyl (C=O) groups excluding carboxylic acids is 1. The molecule has 5 rings (SSSR count). The molecule has 1 atom stereocenters. The maximum absolute atomic E-state index is 12.4. The van der Waals surface area contributed by atoms with Crippen molar-refractivity contribution in [2.24, 2.45) is 23.2 Å². The van der Waals surface area contributed by atoms with Gasteiger partial charge in [0.05, 0.1) is 12.7 Å². The summed E-state index contributed by atoms with van der Waals surface area (Å²) in [4.78, 5) is 14.7. The third-order valence-electron chi connectivity index (χ3n) is 7.07. The smallest absolute Gasteiger partial charge is 0.244 e. The lowest BCUT2D eigenvalue weighted by molar-refractivity contribution is -0.117. The SMILES string of the molecule is C/C(=C/C(=O)NC[C@@H]1CN(C)CCO1)C12CC3CC(CC(C3)C1)C2. The number of nitrogens with zero attached hydrogens (tertiary/aromatic N) is 1. The van der Waals surface area contributed by atoms with Crippen molar-refractivity contribution in [3.63, 3.8) is 0 Å². The Morgan fingerprint density at radius 3 is 2.42 bits per heavy atom. The second-order valence-electron chi connectivity index (χ2n) is 9.03. The van der Waals surface area contributed by atoms with Gasteiger partial charge < -0.3 is 15.0 Å². The van der Waals surface area contributed by atoms with E-state index < -0.39 is 0 Å². The number of hydrogen-bond donors (Lipinski definition) is 1. The molecule has 0 radical (unpaired) electrons. The number of rotatable bonds is 4. The highest BCUT2D eigenvalue weighted by molar-refractivity contribution is 5.88. The lowest BCUT2D eigenvalue weighted by atomic mass is 9.48. The summed E-state index contributed by atoms with van der Waals surface area (Å²) in [6.45, 7) is 5.47. The number of allylic oxidation sites excluding steroid dienone is 1. The molecule has 0 spiro atoms. The summed E-state index contributed by atoms with van der Waals surface area (Å²) in [5, 5.41) is 3.07. The Morgan fingerprint density at radius 1 is 1.21 bits per heavy atom. The zero-order chi connectivity index (χ0) is 16.7. The summed E-state index contributed by atoms with van der Waals surface area (Å²) in [7, 11) is 2.11. The fraction of sp³-hybridized carbons (Fsp3) is 0.850. The number of hydrogen-bond acceptors (Lipinski definition) is 3. The van der Waals surface area contributed by atoms with Gasteiger partial charge in [0.15, 0.2) is 0 Å². The second kappa shape index (κ2) is 6.45. The summed E-state index contributed by atoms with van der Waals surface area (Å²) in [5.41, 5.74) is 1.67. The highest BCUT2D eigenvalue weighted by Crippen LogP contribution is 2.62. The molecule has 4 saturated carbocycles. The van der Waals surface area contributed by atoms with Gasteiger partial charge in [0.1, 0.15) is 0 Å². The van der Waals surface area contributed by atoms with Crippen LogP contribution in [0.5, 0.6) is 0 Å². The van der Waals surface area contributed by atoms with Crippen LogP contribution in [0.3, 0.4) is 0 Å². The average Bonchev–Trinajstić information content (AvgIpc) is 2.52. The Hall–Kier alpha value is -0.870. The predicted molar refractivity (Wildman–Crippen MR) is 94.6 cm³/mol. The van der Waals surface area contributed by atoms with Gasteiger partial charge in [-0.25, -0.2) is 0 Å². The summed E-state index contributed by atoms with van der Waals surface area (Å²) in [6.07, 6.45) is 10.4. The molecular weight excluding hydrogens is 300 g/mol. The van der Waals surface area contributed by atoms with Gasteiger partial charge in [0, 0.05) is 25.7 Å². The Balaban J connectivity index is 1.35. The Morgan fingerprint density at radius 2 is 1.83 bits per heavy atom. The molecule has 4 heteroatoms. The summed E-state index contributed by atoms with van der Waals surface area (Å²) in [6, 6.07) is 0. The van der Waals surface area contributed by atoms with Crippen LogP contribution in [-0.4, -0.2) is 50.2 Å². The van der Waals surface area contributed by atoms with Gasteiger partial charge in [-0.3, -0.25) is 4.79 Å². The van der Waals surface area contributed by atoms with Gasteiger partial charge >= 0.3 is 0 Å². The van der Waals surface area contributed by atoms with Crippen molar-refractivity contribution in [3.8, 4) is 0 Å². The molecule has 5 fully saturated rings. The Kier molecular flexibility index (Phi) is 4.46. The number of likely N-dealkylation sites (N-methyl/N-ethyl adjacent to an activating group) is 1. The molecule has 0 unspecified atom stereocenters. The van der Waals surface area contributed by atoms with Gasteiger partial charge in [0.25, 0.3) is 0 Å². The molecule has 5 aliphatic rings. The van der Waals surface area contributed by atoms with Gasteiger partial charge in [-0.05, 0) is 75.7 Å². The van der Waals surface area contributed by atoms with Crippen LogP contribution in [0.4, 0.5) is 0 Å². The first-order valence-corrected chi connectivity index (χ1v) is 9.79. The van der Waals surface area contributed by atoms with Crippen molar-refractivity contribution >= 4 is 5.91 Å². The lowest BCUT2D eigenvalue weighted by Crippen LogP contribution is -2.47. The molecule has 0 aromatic carbocycles. The molecule has 1 aliphatic heterocycles. The Bertz CT molecular complexity index is 492. The third-order valence-corrected chi connectivity index (χ3v) is 7.07. The van der Waals surface area contributed by atoms with E-state index in [0.717, 1.165) is 37.5 Å². The van der Waals surface area contributed by atoms with Crippen LogP contribution in [0, 0.1) is 23.2 Å². The monoisotopic (exact) mass is 332 g/mol. The number of amides is 1. The van der Waals surface area contributed by atoms with Gasteiger partial charge in [0.2, 0.25) is 5.91 Å². The molecule has 0 aromatic rings. The highest BCUT2D eigenvalue weighted by atomic mass is 16.5. The van der Waals surface area contributed by atoms with Gasteiger partial charge in [-0.2, -0.15) is 0 Å². The maximum atomic E-state index is 12.4. The van der Waals surface area contributed by atoms with E-state index in [1.807, 2.05) is 6.08 Å². The van der Waals surface area contributed by atoms with Crippen molar-refractivity contribution in [2.45, 2.75) is 51.6 Å². The van der Waals surface area contributed by atoms with Crippen LogP contribution in [0.15, 0.2) is 11.6 Å². The third kappa shape index (κ3) is 3.28. The normalized spacial score (nSPS) is 42.3. The molecule has 24 heavy (non-hydrogen) atoms. The van der Waals surface area contributed by atoms with E-state index in [-0.39, 0.29) is 12.0 Å². The first kappa shape index (κ1) is 16.6. The lowest BCUT2D eigenvalue weighted by Gasteiger charge is -2.57. The molecule has 4 aliphatic carbocycles. The molecular formula is C20H32N2O2. The molecule has 0 aromatic heterocycles. The van der Waals surface area contributed by atoms with E-state index in [4.69, 9.17) is 4.74 Å². The van der Waals surface area contributed by atoms with E-state index in [9.17, 15) is 4.79 Å². The van der Waals surface area contributed by atoms with Crippen LogP contribution in [0.1, 0.15) is 45.4 Å². The fourth-order valence-corrected chi connectivity index (χ4v) is 6.20. The average molecular weight is 332 g/mol. The molecule has 1 saturated heterocycles. The first-order valence-electron chi connectivity index (χ1n) is 9.79. The minimum absolute atomic E-state index is 0.0695. The van der Waals surface area contributed by atoms with Crippen molar-refractivity contribution in [1.29, 1.82) is 0 Å². The fourth-order valence-electron chi connectivity index (χ4n) is 6.20. The van der Waals surface area contributed by atoms with Crippen LogP contribution < -0.4 is 5.32 Å². The minimum Gasteiger partial charge on any atom is -0.374 e. The zero-order valence-corrected chi connectivity index (χ0v) is 15.2. The van der Waals surface area contributed by atoms with Gasteiger partial charge in [-0.1, -0.05) is 5.57 Å². The van der Waals surface area contributed by atoms with E-state index in [1.54, 1.807) is 0 Å². The standard InChI is InChI=1S/C20H32N2O2/c1-14(5-19(23)21-12-18-13-22(2)3-4-24-18)20-9-15-6-16(10-20)8-17(7-15)11-20/h5,15-18H,3-4,6-13H2,1-2H3,(H,21,23)/b14-5-/t15?,16?,17?,18-,20?/m1/s1. The number of nitrogens with one attached hydrogen (secondary N) is 1. The van der Waals surface area contributed by atoms with Crippen molar-refractivity contribution in [3.05, 3.63) is 11.6 Å². The molecule has 4 bridgehead atoms. The number of morpholine rings is 1. The van der Waals surface area contributed by atoms with Crippen LogP contribution in [0.2, 0.25) is 0 Å². The molecule has 4 nitrogen and oxygen atoms in total. The van der Waals surface area contributed by atoms with Crippen molar-refractivity contribution in [1.82, 2.24) is 10.2 Å². The van der Waals surface area contributed by atoms with Gasteiger partial charge in [-0.15, -0.1) is 0 Å². The van der Waals surface area contributed by atoms with E-state index in [2.05, 4.69) is 24.2 Å². The van der Waals surface area contributed by atoms with E-state index in [1.165, 1.54) is 44.1 Å². The highest BCUT2D eigenvalue weighted by Gasteiger charge is 2.51. The quantitative estimate of drug-likeness (QED) is 0.805. The topological polar surface area (TPSA) is 41.6 Å². The minimum atomic E-state index is 0.0695. The van der Waals surface area contributed by atoms with E-state index >= 15 is 0 Å². The maximum Gasteiger partial charge on any atom is 0.244 e. The first-order chi connectivity index (χ1) is 11.5. The zero-order valence-electron chi connectivity index (χ0n) is 15.2. The molecule has 134 valence electrons. The summed E-state index contributed by atoms with van der Waals surface area (Å²) >= 11 is 0. The number of carbonyl (C=O) groups is 1. The largest absolute Gasteiger partial charge is 0.374 e. The summed E-state index contributed by atoms with van der Waals surface area (Å²) in [5.74, 6) is 2.84.